The molecule has 5 N–H and O–H groups in total. The molecular weight excluding hydrogens is 582 g/mol. The summed E-state index contributed by atoms with van der Waals surface area (Å²) in [4.78, 5) is 29.9. The number of hydrogen-bond donors (Lipinski definition) is 4. The van der Waals surface area contributed by atoms with Gasteiger partial charge in [0.2, 0.25) is 15.9 Å². The third-order valence-electron chi connectivity index (χ3n) is 7.59. The van der Waals surface area contributed by atoms with Crippen LogP contribution in [0.25, 0.3) is 0 Å². The van der Waals surface area contributed by atoms with Crippen LogP contribution in [0.15, 0.2) is 66.7 Å². The van der Waals surface area contributed by atoms with Crippen LogP contribution in [-0.2, 0) is 27.8 Å². The summed E-state index contributed by atoms with van der Waals surface area (Å²) in [5, 5.41) is 12.7. The van der Waals surface area contributed by atoms with E-state index < -0.39 is 16.1 Å². The predicted octanol–water partition coefficient (Wildman–Crippen LogP) is 3.17. The molecule has 0 aliphatic carbocycles. The van der Waals surface area contributed by atoms with Crippen LogP contribution in [0.2, 0.25) is 0 Å². The third-order valence-corrected chi connectivity index (χ3v) is 8.20. The van der Waals surface area contributed by atoms with Crippen LogP contribution in [0.3, 0.4) is 0 Å². The molecule has 0 radical (unpaired) electrons. The van der Waals surface area contributed by atoms with Gasteiger partial charge in [0.05, 0.1) is 36.7 Å². The summed E-state index contributed by atoms with van der Waals surface area (Å²) in [6, 6.07) is 19.0. The lowest BCUT2D eigenvalue weighted by Gasteiger charge is -2.34. The lowest BCUT2D eigenvalue weighted by Crippen LogP contribution is -2.47. The van der Waals surface area contributed by atoms with Crippen molar-refractivity contribution in [2.24, 2.45) is 5.92 Å². The molecule has 11 nitrogen and oxygen atoms in total. The van der Waals surface area contributed by atoms with E-state index in [2.05, 4.69) is 14.9 Å². The average Bonchev–Trinajstić information content (AvgIpc) is 3.00. The minimum absolute atomic E-state index is 0.00499. The van der Waals surface area contributed by atoms with E-state index >= 15 is 0 Å². The van der Waals surface area contributed by atoms with Gasteiger partial charge in [-0.2, -0.15) is 0 Å². The molecule has 1 aliphatic rings. The van der Waals surface area contributed by atoms with Crippen molar-refractivity contribution < 1.29 is 27.9 Å². The normalized spacial score (nSPS) is 18.0. The summed E-state index contributed by atoms with van der Waals surface area (Å²) in [5.74, 6) is -0.00421. The van der Waals surface area contributed by atoms with Crippen molar-refractivity contribution in [3.63, 3.8) is 0 Å². The van der Waals surface area contributed by atoms with Crippen LogP contribution >= 0.6 is 0 Å². The summed E-state index contributed by atoms with van der Waals surface area (Å²) >= 11 is 0. The number of nitrogens with two attached hydrogens (primary N) is 1. The molecule has 0 saturated carbocycles. The monoisotopic (exact) mass is 623 g/mol. The van der Waals surface area contributed by atoms with E-state index in [4.69, 9.17) is 10.5 Å². The van der Waals surface area contributed by atoms with Crippen molar-refractivity contribution in [1.29, 1.82) is 0 Å². The number of anilines is 3. The number of aliphatic hydroxyl groups is 1. The number of para-hydroxylation sites is 2. The molecule has 0 unspecified atom stereocenters. The Balaban J connectivity index is 1.50. The minimum Gasteiger partial charge on any atom is -0.488 e. The maximum absolute atomic E-state index is 13.4. The van der Waals surface area contributed by atoms with Crippen LogP contribution < -0.4 is 20.5 Å². The van der Waals surface area contributed by atoms with E-state index in [0.29, 0.717) is 53.6 Å². The molecule has 0 saturated heterocycles. The molecule has 1 aliphatic heterocycles. The fraction of sp³-hybridized carbons (Fsp3) is 0.375. The number of rotatable bonds is 10. The summed E-state index contributed by atoms with van der Waals surface area (Å²) in [7, 11) is -1.54. The number of nitrogen functional groups attached to an aromatic ring is 1. The second-order valence-corrected chi connectivity index (χ2v) is 13.3. The van der Waals surface area contributed by atoms with Gasteiger partial charge >= 0.3 is 0 Å². The maximum Gasteiger partial charge on any atom is 0.255 e. The number of sulfonamides is 1. The number of amides is 2. The number of carbonyl (C=O) groups excluding carboxylic acids is 2. The highest BCUT2D eigenvalue weighted by atomic mass is 32.2. The minimum atomic E-state index is -3.51. The summed E-state index contributed by atoms with van der Waals surface area (Å²) < 4.78 is 32.6. The molecule has 0 fully saturated rings. The first-order valence-electron chi connectivity index (χ1n) is 14.4. The molecule has 4 rings (SSSR count). The lowest BCUT2D eigenvalue weighted by molar-refractivity contribution is -0.134. The van der Waals surface area contributed by atoms with Crippen LogP contribution in [0.1, 0.15) is 35.3 Å². The van der Waals surface area contributed by atoms with E-state index in [0.717, 1.165) is 11.8 Å². The van der Waals surface area contributed by atoms with Crippen molar-refractivity contribution >= 4 is 38.9 Å². The van der Waals surface area contributed by atoms with Crippen LogP contribution in [0.5, 0.6) is 5.75 Å². The maximum atomic E-state index is 13.4. The number of fused-ring (bicyclic) bond motifs is 1. The molecular formula is C32H41N5O6S. The highest BCUT2D eigenvalue weighted by molar-refractivity contribution is 7.92. The molecule has 44 heavy (non-hydrogen) atoms. The van der Waals surface area contributed by atoms with Gasteiger partial charge in [0.15, 0.2) is 0 Å². The number of nitrogens with one attached hydrogen (secondary N) is 2. The van der Waals surface area contributed by atoms with E-state index in [1.165, 1.54) is 0 Å². The molecule has 1 heterocycles. The number of carbonyl (C=O) groups is 2. The number of likely N-dealkylation sites (N-methyl/N-ethyl adjacent to an activating group) is 1. The highest BCUT2D eigenvalue weighted by Crippen LogP contribution is 2.29. The number of hydrogen-bond acceptors (Lipinski definition) is 8. The van der Waals surface area contributed by atoms with Gasteiger partial charge in [0.25, 0.3) is 5.91 Å². The van der Waals surface area contributed by atoms with Crippen LogP contribution in [0.4, 0.5) is 17.1 Å². The zero-order valence-corrected chi connectivity index (χ0v) is 26.3. The fourth-order valence-electron chi connectivity index (χ4n) is 5.18. The quantitative estimate of drug-likeness (QED) is 0.251. The van der Waals surface area contributed by atoms with E-state index in [-0.39, 0.29) is 36.9 Å². The second-order valence-electron chi connectivity index (χ2n) is 11.5. The molecule has 2 amide bonds. The summed E-state index contributed by atoms with van der Waals surface area (Å²) in [5.41, 5.74) is 9.41. The van der Waals surface area contributed by atoms with Gasteiger partial charge in [-0.1, -0.05) is 31.2 Å². The lowest BCUT2D eigenvalue weighted by atomic mass is 10.0. The molecule has 12 heteroatoms. The van der Waals surface area contributed by atoms with Crippen molar-refractivity contribution in [2.45, 2.75) is 39.0 Å². The van der Waals surface area contributed by atoms with Gasteiger partial charge in [0, 0.05) is 42.4 Å². The Bertz CT molecular complexity index is 1580. The van der Waals surface area contributed by atoms with Gasteiger partial charge in [-0.25, -0.2) is 8.42 Å². The van der Waals surface area contributed by atoms with Gasteiger partial charge in [-0.15, -0.1) is 0 Å². The van der Waals surface area contributed by atoms with Crippen molar-refractivity contribution in [3.05, 3.63) is 83.4 Å². The molecule has 0 spiro atoms. The Morgan fingerprint density at radius 3 is 2.52 bits per heavy atom. The predicted molar refractivity (Wildman–Crippen MR) is 172 cm³/mol. The first kappa shape index (κ1) is 32.8. The topological polar surface area (TPSA) is 154 Å². The van der Waals surface area contributed by atoms with Gasteiger partial charge < -0.3 is 25.8 Å². The zero-order valence-electron chi connectivity index (χ0n) is 25.5. The van der Waals surface area contributed by atoms with Crippen molar-refractivity contribution in [2.75, 3.05) is 48.8 Å². The van der Waals surface area contributed by atoms with E-state index in [1.54, 1.807) is 60.4 Å². The molecule has 3 aromatic carbocycles. The second kappa shape index (κ2) is 14.1. The Labute approximate surface area is 259 Å². The summed E-state index contributed by atoms with van der Waals surface area (Å²) in [6.07, 6.45) is 0.747. The highest BCUT2D eigenvalue weighted by Gasteiger charge is 2.31. The first-order chi connectivity index (χ1) is 20.8. The number of ether oxygens (including phenoxy) is 1. The Morgan fingerprint density at radius 2 is 1.86 bits per heavy atom. The largest absolute Gasteiger partial charge is 0.488 e. The average molecular weight is 624 g/mol. The van der Waals surface area contributed by atoms with Crippen LogP contribution in [-0.4, -0.2) is 80.3 Å². The fourth-order valence-corrected chi connectivity index (χ4v) is 5.73. The van der Waals surface area contributed by atoms with E-state index in [1.807, 2.05) is 32.2 Å². The molecule has 236 valence electrons. The first-order valence-corrected chi connectivity index (χ1v) is 16.3. The van der Waals surface area contributed by atoms with Gasteiger partial charge in [-0.05, 0) is 62.0 Å². The van der Waals surface area contributed by atoms with Crippen molar-refractivity contribution in [1.82, 2.24) is 9.80 Å². The molecule has 0 bridgehead atoms. The van der Waals surface area contributed by atoms with Gasteiger partial charge in [-0.3, -0.25) is 19.2 Å². The Hall–Kier alpha value is -4.13. The van der Waals surface area contributed by atoms with Crippen LogP contribution in [0, 0.1) is 5.92 Å². The molecule has 3 aromatic rings. The third kappa shape index (κ3) is 8.71. The Kier molecular flexibility index (Phi) is 10.5. The Morgan fingerprint density at radius 1 is 1.16 bits per heavy atom. The van der Waals surface area contributed by atoms with Gasteiger partial charge in [0.1, 0.15) is 11.9 Å². The smallest absolute Gasteiger partial charge is 0.255 e. The summed E-state index contributed by atoms with van der Waals surface area (Å²) in [6.45, 7) is 5.12. The number of nitrogens with zero attached hydrogens (tertiary/aromatic N) is 2. The zero-order chi connectivity index (χ0) is 32.0. The molecule has 0 aromatic heterocycles. The van der Waals surface area contributed by atoms with Crippen molar-refractivity contribution in [3.8, 4) is 5.75 Å². The number of benzene rings is 3. The SMILES string of the molecule is C[C@H](CO)N1C[C@H](C)[C@@H](CN(C)Cc2ccc(C(=O)Nc3ccccc3N)cc2)Oc2ccc(NS(C)(=O)=O)cc2CC1=O. The number of aliphatic hydroxyl groups excluding tert-OH is 1. The van der Waals surface area contributed by atoms with E-state index in [9.17, 15) is 23.1 Å². The molecule has 3 atom stereocenters. The standard InChI is InChI=1S/C32H41N5O6S/c1-21-17-37(22(2)20-38)31(39)16-25-15-26(35-44(4,41)42)13-14-29(25)43-30(21)19-36(3)18-23-9-11-24(12-10-23)32(40)34-28-8-6-5-7-27(28)33/h5-15,21-22,30,35,38H,16-20,33H2,1-4H3,(H,34,40)/t21-,22+,30+/m0/s1.